The zero-order valence-electron chi connectivity index (χ0n) is 19.5. The Hall–Kier alpha value is -3.40. The van der Waals surface area contributed by atoms with Crippen molar-refractivity contribution in [2.24, 2.45) is 11.7 Å². The molecule has 4 aromatic rings. The van der Waals surface area contributed by atoms with Crippen LogP contribution in [0.2, 0.25) is 0 Å². The van der Waals surface area contributed by atoms with E-state index in [1.54, 1.807) is 6.07 Å². The van der Waals surface area contributed by atoms with Crippen LogP contribution in [0.5, 0.6) is 0 Å². The highest BCUT2D eigenvalue weighted by molar-refractivity contribution is 5.94. The molecular formula is C28H31N3O. The second-order valence-electron chi connectivity index (χ2n) is 9.20. The van der Waals surface area contributed by atoms with Crippen LogP contribution in [0.3, 0.4) is 0 Å². The molecule has 0 saturated heterocycles. The fourth-order valence-corrected chi connectivity index (χ4v) is 4.65. The molecule has 1 atom stereocenters. The molecule has 164 valence electrons. The Morgan fingerprint density at radius 3 is 2.41 bits per heavy atom. The van der Waals surface area contributed by atoms with Crippen molar-refractivity contribution in [1.29, 1.82) is 0 Å². The van der Waals surface area contributed by atoms with E-state index in [9.17, 15) is 4.79 Å². The highest BCUT2D eigenvalue weighted by Gasteiger charge is 2.22. The third-order valence-corrected chi connectivity index (χ3v) is 6.25. The minimum absolute atomic E-state index is 0.0601. The molecular weight excluding hydrogens is 394 g/mol. The van der Waals surface area contributed by atoms with Crippen LogP contribution in [0.25, 0.3) is 22.0 Å². The fourth-order valence-electron chi connectivity index (χ4n) is 4.65. The standard InChI is InChI=1S/C28H31N3O/c1-17(2)14-27(23-8-6-7-9-24(23)28(29)32)31-16-25-20(5)22(12-13-26(25)30-31)21-11-10-18(3)15-19(21)4/h6-13,15-17,27H,14H2,1-5H3,(H2,29,32). The maximum Gasteiger partial charge on any atom is 0.249 e. The average Bonchev–Trinajstić information content (AvgIpc) is 3.18. The lowest BCUT2D eigenvalue weighted by molar-refractivity contribution is 0.0998. The summed E-state index contributed by atoms with van der Waals surface area (Å²) in [5, 5.41) is 6.07. The number of rotatable bonds is 6. The summed E-state index contributed by atoms with van der Waals surface area (Å²) in [5.41, 5.74) is 14.4. The van der Waals surface area contributed by atoms with Crippen LogP contribution in [0, 0.1) is 26.7 Å². The Kier molecular flexibility index (Phi) is 5.88. The normalized spacial score (nSPS) is 12.4. The van der Waals surface area contributed by atoms with E-state index in [1.807, 2.05) is 22.9 Å². The lowest BCUT2D eigenvalue weighted by Gasteiger charge is -2.22. The van der Waals surface area contributed by atoms with Crippen molar-refractivity contribution >= 4 is 16.8 Å². The number of carbonyl (C=O) groups excluding carboxylic acids is 1. The molecule has 1 aromatic heterocycles. The van der Waals surface area contributed by atoms with E-state index in [4.69, 9.17) is 10.8 Å². The molecule has 1 heterocycles. The summed E-state index contributed by atoms with van der Waals surface area (Å²) in [6.45, 7) is 10.8. The molecule has 0 spiro atoms. The predicted molar refractivity (Wildman–Crippen MR) is 132 cm³/mol. The first kappa shape index (κ1) is 21.8. The Morgan fingerprint density at radius 1 is 1.00 bits per heavy atom. The van der Waals surface area contributed by atoms with Crippen molar-refractivity contribution < 1.29 is 4.79 Å². The highest BCUT2D eigenvalue weighted by Crippen LogP contribution is 2.34. The molecule has 3 aromatic carbocycles. The second-order valence-corrected chi connectivity index (χ2v) is 9.20. The van der Waals surface area contributed by atoms with Crippen molar-refractivity contribution in [3.05, 3.63) is 88.6 Å². The molecule has 2 N–H and O–H groups in total. The number of aromatic nitrogens is 2. The first-order valence-corrected chi connectivity index (χ1v) is 11.2. The van der Waals surface area contributed by atoms with E-state index in [-0.39, 0.29) is 6.04 Å². The highest BCUT2D eigenvalue weighted by atomic mass is 16.1. The quantitative estimate of drug-likeness (QED) is 0.390. The molecule has 0 saturated carbocycles. The molecule has 4 heteroatoms. The van der Waals surface area contributed by atoms with Crippen LogP contribution in [0.15, 0.2) is 60.8 Å². The molecule has 0 aliphatic carbocycles. The van der Waals surface area contributed by atoms with Gasteiger partial charge in [0.05, 0.1) is 11.6 Å². The third kappa shape index (κ3) is 4.05. The molecule has 0 aliphatic rings. The molecule has 0 radical (unpaired) electrons. The number of aryl methyl sites for hydroxylation is 3. The number of nitrogens with two attached hydrogens (primary N) is 1. The summed E-state index contributed by atoms with van der Waals surface area (Å²) in [6, 6.07) is 18.4. The van der Waals surface area contributed by atoms with E-state index < -0.39 is 5.91 Å². The minimum atomic E-state index is -0.403. The van der Waals surface area contributed by atoms with Gasteiger partial charge < -0.3 is 5.73 Å². The van der Waals surface area contributed by atoms with Crippen LogP contribution in [0.1, 0.15) is 58.9 Å². The van der Waals surface area contributed by atoms with Crippen molar-refractivity contribution in [1.82, 2.24) is 9.78 Å². The first-order chi connectivity index (χ1) is 15.3. The number of hydrogen-bond acceptors (Lipinski definition) is 2. The SMILES string of the molecule is Cc1ccc(-c2ccc3nn(C(CC(C)C)c4ccccc4C(N)=O)cc3c2C)c(C)c1. The summed E-state index contributed by atoms with van der Waals surface area (Å²) >= 11 is 0. The largest absolute Gasteiger partial charge is 0.366 e. The second kappa shape index (κ2) is 8.62. The lowest BCUT2D eigenvalue weighted by Crippen LogP contribution is -2.20. The summed E-state index contributed by atoms with van der Waals surface area (Å²) in [6.07, 6.45) is 2.99. The number of hydrogen-bond donors (Lipinski definition) is 1. The summed E-state index contributed by atoms with van der Waals surface area (Å²) in [4.78, 5) is 12.1. The van der Waals surface area contributed by atoms with Gasteiger partial charge in [-0.15, -0.1) is 0 Å². The van der Waals surface area contributed by atoms with Crippen LogP contribution in [0.4, 0.5) is 0 Å². The zero-order chi connectivity index (χ0) is 23.0. The zero-order valence-corrected chi connectivity index (χ0v) is 19.5. The van der Waals surface area contributed by atoms with Gasteiger partial charge in [0.15, 0.2) is 0 Å². The van der Waals surface area contributed by atoms with Crippen LogP contribution >= 0.6 is 0 Å². The predicted octanol–water partition coefficient (Wildman–Crippen LogP) is 6.36. The molecule has 0 aliphatic heterocycles. The third-order valence-electron chi connectivity index (χ3n) is 6.25. The van der Waals surface area contributed by atoms with Gasteiger partial charge in [0.1, 0.15) is 0 Å². The molecule has 1 amide bonds. The number of benzene rings is 3. The van der Waals surface area contributed by atoms with Crippen LogP contribution < -0.4 is 5.73 Å². The van der Waals surface area contributed by atoms with Crippen molar-refractivity contribution in [2.75, 3.05) is 0 Å². The molecule has 4 nitrogen and oxygen atoms in total. The van der Waals surface area contributed by atoms with E-state index in [1.165, 1.54) is 27.8 Å². The van der Waals surface area contributed by atoms with Crippen molar-refractivity contribution in [2.45, 2.75) is 47.1 Å². The number of carbonyl (C=O) groups is 1. The number of fused-ring (bicyclic) bond motifs is 1. The van der Waals surface area contributed by atoms with Gasteiger partial charge in [-0.25, -0.2) is 0 Å². The fraction of sp³-hybridized carbons (Fsp3) is 0.286. The van der Waals surface area contributed by atoms with Gasteiger partial charge in [-0.2, -0.15) is 5.10 Å². The van der Waals surface area contributed by atoms with Crippen molar-refractivity contribution in [3.8, 4) is 11.1 Å². The summed E-state index contributed by atoms with van der Waals surface area (Å²) in [5.74, 6) is 0.0273. The number of nitrogens with zero attached hydrogens (tertiary/aromatic N) is 2. The Bertz CT molecular complexity index is 1300. The summed E-state index contributed by atoms with van der Waals surface area (Å²) < 4.78 is 2.02. The van der Waals surface area contributed by atoms with Gasteiger partial charge in [0, 0.05) is 17.1 Å². The smallest absolute Gasteiger partial charge is 0.249 e. The van der Waals surface area contributed by atoms with Gasteiger partial charge in [-0.3, -0.25) is 9.48 Å². The molecule has 1 unspecified atom stereocenters. The van der Waals surface area contributed by atoms with E-state index in [0.29, 0.717) is 11.5 Å². The molecule has 32 heavy (non-hydrogen) atoms. The van der Waals surface area contributed by atoms with Gasteiger partial charge in [-0.1, -0.05) is 61.9 Å². The molecule has 0 bridgehead atoms. The maximum absolute atomic E-state index is 12.1. The Balaban J connectivity index is 1.86. The van der Waals surface area contributed by atoms with Gasteiger partial charge in [-0.05, 0) is 73.1 Å². The van der Waals surface area contributed by atoms with Gasteiger partial charge in [0.2, 0.25) is 5.91 Å². The van der Waals surface area contributed by atoms with Crippen LogP contribution in [-0.4, -0.2) is 15.7 Å². The van der Waals surface area contributed by atoms with Gasteiger partial charge in [0.25, 0.3) is 0 Å². The van der Waals surface area contributed by atoms with Gasteiger partial charge >= 0.3 is 0 Å². The monoisotopic (exact) mass is 425 g/mol. The Morgan fingerprint density at radius 2 is 1.72 bits per heavy atom. The first-order valence-electron chi connectivity index (χ1n) is 11.2. The number of amides is 1. The molecule has 0 fully saturated rings. The summed E-state index contributed by atoms with van der Waals surface area (Å²) in [7, 11) is 0. The number of primary amides is 1. The van der Waals surface area contributed by atoms with E-state index in [2.05, 4.69) is 71.1 Å². The van der Waals surface area contributed by atoms with Crippen LogP contribution in [-0.2, 0) is 0 Å². The lowest BCUT2D eigenvalue weighted by atomic mass is 9.93. The Labute approximate surface area is 190 Å². The maximum atomic E-state index is 12.1. The van der Waals surface area contributed by atoms with E-state index >= 15 is 0 Å². The molecule has 4 rings (SSSR count). The van der Waals surface area contributed by atoms with E-state index in [0.717, 1.165) is 22.9 Å². The minimum Gasteiger partial charge on any atom is -0.366 e. The topological polar surface area (TPSA) is 60.9 Å². The van der Waals surface area contributed by atoms with Crippen molar-refractivity contribution in [3.63, 3.8) is 0 Å². The average molecular weight is 426 g/mol.